The van der Waals surface area contributed by atoms with E-state index in [1.807, 2.05) is 0 Å². The molecular weight excluding hydrogens is 162 g/mol. The summed E-state index contributed by atoms with van der Waals surface area (Å²) in [5.41, 5.74) is 6.14. The molecule has 0 saturated heterocycles. The van der Waals surface area contributed by atoms with Gasteiger partial charge in [-0.1, -0.05) is 0 Å². The highest BCUT2D eigenvalue weighted by atomic mass is 32.1. The molecule has 0 aliphatic carbocycles. The monoisotopic (exact) mass is 171 g/mol. The molecule has 11 heavy (non-hydrogen) atoms. The molecule has 3 N–H and O–H groups in total. The van der Waals surface area contributed by atoms with Crippen molar-refractivity contribution in [2.75, 3.05) is 6.54 Å². The molecule has 0 fully saturated rings. The molecule has 0 unspecified atom stereocenters. The van der Waals surface area contributed by atoms with Crippen LogP contribution in [0, 0.1) is 0 Å². The van der Waals surface area contributed by atoms with E-state index in [0.717, 1.165) is 5.56 Å². The van der Waals surface area contributed by atoms with Crippen molar-refractivity contribution in [1.82, 2.24) is 0 Å². The van der Waals surface area contributed by atoms with E-state index in [1.54, 1.807) is 11.4 Å². The fraction of sp³-hybridized carbons (Fsp3) is 0.286. The fourth-order valence-corrected chi connectivity index (χ4v) is 1.67. The lowest BCUT2D eigenvalue weighted by Gasteiger charge is -1.94. The van der Waals surface area contributed by atoms with Crippen molar-refractivity contribution in [3.63, 3.8) is 0 Å². The Bertz CT molecular complexity index is 257. The predicted octanol–water partition coefficient (Wildman–Crippen LogP) is 0.948. The number of hydrogen-bond donors (Lipinski definition) is 2. The van der Waals surface area contributed by atoms with E-state index in [4.69, 9.17) is 10.8 Å². The predicted molar refractivity (Wildman–Crippen MR) is 44.0 cm³/mol. The first-order valence-electron chi connectivity index (χ1n) is 3.25. The number of carboxylic acid groups (broad SMARTS) is 1. The van der Waals surface area contributed by atoms with Crippen LogP contribution in [0.5, 0.6) is 0 Å². The van der Waals surface area contributed by atoms with Gasteiger partial charge >= 0.3 is 5.97 Å². The molecule has 1 heterocycles. The molecule has 0 atom stereocenters. The minimum absolute atomic E-state index is 0.412. The number of rotatable bonds is 3. The lowest BCUT2D eigenvalue weighted by atomic mass is 10.2. The Morgan fingerprint density at radius 1 is 1.73 bits per heavy atom. The highest BCUT2D eigenvalue weighted by Gasteiger charge is 2.09. The van der Waals surface area contributed by atoms with E-state index in [2.05, 4.69) is 0 Å². The van der Waals surface area contributed by atoms with Crippen molar-refractivity contribution >= 4 is 17.3 Å². The number of aromatic carboxylic acids is 1. The second-order valence-electron chi connectivity index (χ2n) is 2.12. The second kappa shape index (κ2) is 3.50. The Labute approximate surface area is 68.5 Å². The zero-order valence-electron chi connectivity index (χ0n) is 5.91. The Morgan fingerprint density at radius 3 is 3.00 bits per heavy atom. The number of carbonyl (C=O) groups is 1. The Kier molecular flexibility index (Phi) is 2.62. The first-order valence-corrected chi connectivity index (χ1v) is 4.13. The zero-order valence-corrected chi connectivity index (χ0v) is 6.73. The Morgan fingerprint density at radius 2 is 2.45 bits per heavy atom. The summed E-state index contributed by atoms with van der Waals surface area (Å²) in [6.07, 6.45) is 0.644. The summed E-state index contributed by atoms with van der Waals surface area (Å²) in [5.74, 6) is -0.858. The van der Waals surface area contributed by atoms with Gasteiger partial charge in [-0.25, -0.2) is 4.79 Å². The largest absolute Gasteiger partial charge is 0.477 e. The third kappa shape index (κ3) is 1.78. The first-order chi connectivity index (χ1) is 5.25. The maximum absolute atomic E-state index is 10.5. The average Bonchev–Trinajstić information content (AvgIpc) is 2.36. The van der Waals surface area contributed by atoms with Crippen molar-refractivity contribution in [3.8, 4) is 0 Å². The van der Waals surface area contributed by atoms with Crippen molar-refractivity contribution in [2.24, 2.45) is 5.73 Å². The maximum atomic E-state index is 10.5. The van der Waals surface area contributed by atoms with E-state index < -0.39 is 5.97 Å². The minimum atomic E-state index is -0.858. The number of nitrogens with two attached hydrogens (primary N) is 1. The number of thiophene rings is 1. The summed E-state index contributed by atoms with van der Waals surface area (Å²) in [6, 6.07) is 1.81. The third-order valence-electron chi connectivity index (χ3n) is 1.35. The summed E-state index contributed by atoms with van der Waals surface area (Å²) >= 11 is 1.24. The van der Waals surface area contributed by atoms with Gasteiger partial charge < -0.3 is 10.8 Å². The highest BCUT2D eigenvalue weighted by Crippen LogP contribution is 2.16. The minimum Gasteiger partial charge on any atom is -0.477 e. The molecule has 0 aromatic carbocycles. The number of hydrogen-bond acceptors (Lipinski definition) is 3. The van der Waals surface area contributed by atoms with Crippen LogP contribution in [0.15, 0.2) is 11.4 Å². The van der Waals surface area contributed by atoms with Gasteiger partial charge in [-0.2, -0.15) is 0 Å². The van der Waals surface area contributed by atoms with Gasteiger partial charge in [0, 0.05) is 0 Å². The van der Waals surface area contributed by atoms with E-state index in [1.165, 1.54) is 11.3 Å². The topological polar surface area (TPSA) is 63.3 Å². The van der Waals surface area contributed by atoms with Crippen LogP contribution < -0.4 is 5.73 Å². The van der Waals surface area contributed by atoms with Crippen LogP contribution in [0.25, 0.3) is 0 Å². The van der Waals surface area contributed by atoms with E-state index in [0.29, 0.717) is 17.8 Å². The summed E-state index contributed by atoms with van der Waals surface area (Å²) < 4.78 is 0. The van der Waals surface area contributed by atoms with Crippen LogP contribution in [0.4, 0.5) is 0 Å². The van der Waals surface area contributed by atoms with Crippen molar-refractivity contribution < 1.29 is 9.90 Å². The lowest BCUT2D eigenvalue weighted by Crippen LogP contribution is -2.05. The van der Waals surface area contributed by atoms with Gasteiger partial charge in [-0.15, -0.1) is 11.3 Å². The summed E-state index contributed by atoms with van der Waals surface area (Å²) in [6.45, 7) is 0.497. The Hall–Kier alpha value is -0.870. The fourth-order valence-electron chi connectivity index (χ4n) is 0.876. The molecule has 1 aromatic heterocycles. The second-order valence-corrected chi connectivity index (χ2v) is 3.03. The van der Waals surface area contributed by atoms with Gasteiger partial charge in [-0.05, 0) is 30.0 Å². The van der Waals surface area contributed by atoms with E-state index >= 15 is 0 Å². The van der Waals surface area contributed by atoms with Crippen LogP contribution in [0.3, 0.4) is 0 Å². The molecule has 0 spiro atoms. The third-order valence-corrected chi connectivity index (χ3v) is 2.30. The van der Waals surface area contributed by atoms with Gasteiger partial charge in [0.15, 0.2) is 0 Å². The molecule has 3 nitrogen and oxygen atoms in total. The quantitative estimate of drug-likeness (QED) is 0.711. The molecule has 0 aliphatic rings. The molecule has 1 rings (SSSR count). The maximum Gasteiger partial charge on any atom is 0.346 e. The van der Waals surface area contributed by atoms with E-state index in [9.17, 15) is 4.79 Å². The molecular formula is C7H9NO2S. The van der Waals surface area contributed by atoms with E-state index in [-0.39, 0.29) is 0 Å². The normalized spacial score (nSPS) is 9.91. The van der Waals surface area contributed by atoms with Gasteiger partial charge in [0.2, 0.25) is 0 Å². The van der Waals surface area contributed by atoms with Crippen LogP contribution in [-0.4, -0.2) is 17.6 Å². The standard InChI is InChI=1S/C7H9NO2S/c8-3-1-5-2-4-11-6(5)7(9)10/h2,4H,1,3,8H2,(H,9,10). The lowest BCUT2D eigenvalue weighted by molar-refractivity contribution is 0.0701. The molecule has 0 saturated carbocycles. The average molecular weight is 171 g/mol. The first kappa shape index (κ1) is 8.23. The summed E-state index contributed by atoms with van der Waals surface area (Å²) in [5, 5.41) is 10.4. The van der Waals surface area contributed by atoms with Crippen molar-refractivity contribution in [2.45, 2.75) is 6.42 Å². The van der Waals surface area contributed by atoms with Crippen molar-refractivity contribution in [1.29, 1.82) is 0 Å². The molecule has 0 bridgehead atoms. The van der Waals surface area contributed by atoms with Crippen LogP contribution >= 0.6 is 11.3 Å². The van der Waals surface area contributed by atoms with Gasteiger partial charge in [-0.3, -0.25) is 0 Å². The molecule has 4 heteroatoms. The van der Waals surface area contributed by atoms with Gasteiger partial charge in [0.1, 0.15) is 4.88 Å². The van der Waals surface area contributed by atoms with Crippen LogP contribution in [-0.2, 0) is 6.42 Å². The highest BCUT2D eigenvalue weighted by molar-refractivity contribution is 7.12. The molecule has 60 valence electrons. The van der Waals surface area contributed by atoms with Crippen LogP contribution in [0.1, 0.15) is 15.2 Å². The Balaban J connectivity index is 2.87. The molecule has 0 aliphatic heterocycles. The summed E-state index contributed by atoms with van der Waals surface area (Å²) in [7, 11) is 0. The van der Waals surface area contributed by atoms with Crippen molar-refractivity contribution in [3.05, 3.63) is 21.9 Å². The molecule has 1 aromatic rings. The smallest absolute Gasteiger partial charge is 0.346 e. The number of carboxylic acids is 1. The molecule has 0 radical (unpaired) electrons. The summed E-state index contributed by atoms with van der Waals surface area (Å²) in [4.78, 5) is 10.9. The molecule has 0 amide bonds. The van der Waals surface area contributed by atoms with Crippen LogP contribution in [0.2, 0.25) is 0 Å². The van der Waals surface area contributed by atoms with Gasteiger partial charge in [0.25, 0.3) is 0 Å². The zero-order chi connectivity index (χ0) is 8.27. The van der Waals surface area contributed by atoms with Gasteiger partial charge in [0.05, 0.1) is 0 Å². The SMILES string of the molecule is NCCc1ccsc1C(=O)O.